The number of piperidine rings is 1. The first-order valence-corrected chi connectivity index (χ1v) is 4.83. The van der Waals surface area contributed by atoms with Gasteiger partial charge in [0.1, 0.15) is 0 Å². The maximum absolute atomic E-state index is 5.70. The summed E-state index contributed by atoms with van der Waals surface area (Å²) in [5.74, 6) is 5.70. The summed E-state index contributed by atoms with van der Waals surface area (Å²) in [7, 11) is 1.97. The summed E-state index contributed by atoms with van der Waals surface area (Å²) in [5.41, 5.74) is 0. The third kappa shape index (κ3) is 2.44. The number of likely N-dealkylation sites (tertiary alicyclic amines) is 1. The monoisotopic (exact) mass is 171 g/mol. The van der Waals surface area contributed by atoms with Crippen LogP contribution in [0.1, 0.15) is 26.7 Å². The second-order valence-electron chi connectivity index (χ2n) is 4.03. The van der Waals surface area contributed by atoms with Crippen LogP contribution < -0.4 is 5.84 Å². The highest BCUT2D eigenvalue weighted by Gasteiger charge is 2.21. The molecule has 3 nitrogen and oxygen atoms in total. The van der Waals surface area contributed by atoms with Crippen LogP contribution in [0.2, 0.25) is 0 Å². The molecule has 12 heavy (non-hydrogen) atoms. The lowest BCUT2D eigenvalue weighted by molar-refractivity contribution is 0.108. The predicted octanol–water partition coefficient (Wildman–Crippen LogP) is 0.665. The summed E-state index contributed by atoms with van der Waals surface area (Å²) in [6.07, 6.45) is 2.43. The highest BCUT2D eigenvalue weighted by Crippen LogP contribution is 2.14. The number of hydrogen-bond donors (Lipinski definition) is 1. The molecule has 0 aromatic rings. The van der Waals surface area contributed by atoms with E-state index < -0.39 is 0 Å². The molecule has 0 radical (unpaired) electrons. The molecule has 0 aromatic heterocycles. The van der Waals surface area contributed by atoms with Crippen LogP contribution in [-0.2, 0) is 0 Å². The van der Waals surface area contributed by atoms with Crippen molar-refractivity contribution in [2.24, 2.45) is 5.84 Å². The summed E-state index contributed by atoms with van der Waals surface area (Å²) in [6.45, 7) is 6.91. The van der Waals surface area contributed by atoms with Gasteiger partial charge in [-0.3, -0.25) is 5.84 Å². The fraction of sp³-hybridized carbons (Fsp3) is 1.00. The van der Waals surface area contributed by atoms with E-state index in [2.05, 4.69) is 18.7 Å². The van der Waals surface area contributed by atoms with E-state index in [1.54, 1.807) is 0 Å². The van der Waals surface area contributed by atoms with E-state index in [0.29, 0.717) is 12.1 Å². The van der Waals surface area contributed by atoms with Crippen molar-refractivity contribution in [1.29, 1.82) is 0 Å². The second-order valence-corrected chi connectivity index (χ2v) is 4.03. The maximum Gasteiger partial charge on any atom is 0.0262 e. The van der Waals surface area contributed by atoms with E-state index in [0.717, 1.165) is 0 Å². The number of hydrogen-bond acceptors (Lipinski definition) is 3. The molecule has 0 spiro atoms. The van der Waals surface area contributed by atoms with Crippen LogP contribution in [0.5, 0.6) is 0 Å². The quantitative estimate of drug-likeness (QED) is 0.489. The Balaban J connectivity index is 2.30. The Bertz CT molecular complexity index is 110. The third-order valence-electron chi connectivity index (χ3n) is 2.81. The lowest BCUT2D eigenvalue weighted by Crippen LogP contribution is -2.47. The Morgan fingerprint density at radius 1 is 1.33 bits per heavy atom. The molecule has 1 heterocycles. The first kappa shape index (κ1) is 9.96. The van der Waals surface area contributed by atoms with Crippen molar-refractivity contribution < 1.29 is 0 Å². The van der Waals surface area contributed by atoms with Crippen molar-refractivity contribution in [3.63, 3.8) is 0 Å². The Labute approximate surface area is 75.5 Å². The summed E-state index contributed by atoms with van der Waals surface area (Å²) in [5, 5.41) is 1.86. The molecule has 0 atom stereocenters. The fourth-order valence-corrected chi connectivity index (χ4v) is 1.81. The molecule has 1 aliphatic heterocycles. The summed E-state index contributed by atoms with van der Waals surface area (Å²) in [6, 6.07) is 1.29. The first-order chi connectivity index (χ1) is 5.61. The Morgan fingerprint density at radius 2 is 1.83 bits per heavy atom. The van der Waals surface area contributed by atoms with E-state index in [-0.39, 0.29) is 0 Å². The van der Waals surface area contributed by atoms with Crippen LogP contribution in [0, 0.1) is 0 Å². The van der Waals surface area contributed by atoms with Crippen molar-refractivity contribution in [3.8, 4) is 0 Å². The lowest BCUT2D eigenvalue weighted by Gasteiger charge is -2.36. The number of nitrogens with two attached hydrogens (primary N) is 1. The normalized spacial score (nSPS) is 22.5. The summed E-state index contributed by atoms with van der Waals surface area (Å²) in [4.78, 5) is 2.51. The summed E-state index contributed by atoms with van der Waals surface area (Å²) < 4.78 is 0. The number of nitrogens with zero attached hydrogens (tertiary/aromatic N) is 2. The van der Waals surface area contributed by atoms with Gasteiger partial charge in [-0.25, -0.2) is 5.01 Å². The van der Waals surface area contributed by atoms with Crippen LogP contribution in [0.3, 0.4) is 0 Å². The Kier molecular flexibility index (Phi) is 3.50. The topological polar surface area (TPSA) is 32.5 Å². The van der Waals surface area contributed by atoms with Crippen molar-refractivity contribution in [2.45, 2.75) is 38.8 Å². The van der Waals surface area contributed by atoms with Gasteiger partial charge in [0.2, 0.25) is 0 Å². The molecule has 1 saturated heterocycles. The zero-order valence-electron chi connectivity index (χ0n) is 8.45. The molecule has 1 rings (SSSR count). The van der Waals surface area contributed by atoms with Crippen LogP contribution in [-0.4, -0.2) is 42.1 Å². The van der Waals surface area contributed by atoms with Crippen molar-refractivity contribution in [3.05, 3.63) is 0 Å². The zero-order valence-corrected chi connectivity index (χ0v) is 8.45. The molecule has 3 heteroatoms. The van der Waals surface area contributed by atoms with E-state index in [9.17, 15) is 0 Å². The van der Waals surface area contributed by atoms with Gasteiger partial charge in [-0.15, -0.1) is 0 Å². The van der Waals surface area contributed by atoms with Gasteiger partial charge >= 0.3 is 0 Å². The first-order valence-electron chi connectivity index (χ1n) is 4.83. The maximum atomic E-state index is 5.70. The van der Waals surface area contributed by atoms with Crippen molar-refractivity contribution in [2.75, 3.05) is 20.1 Å². The zero-order chi connectivity index (χ0) is 9.14. The smallest absolute Gasteiger partial charge is 0.0262 e. The largest absolute Gasteiger partial charge is 0.301 e. The molecular weight excluding hydrogens is 150 g/mol. The molecule has 1 aliphatic rings. The third-order valence-corrected chi connectivity index (χ3v) is 2.81. The van der Waals surface area contributed by atoms with Crippen LogP contribution in [0.15, 0.2) is 0 Å². The summed E-state index contributed by atoms with van der Waals surface area (Å²) >= 11 is 0. The average Bonchev–Trinajstić information content (AvgIpc) is 2.04. The lowest BCUT2D eigenvalue weighted by atomic mass is 10.0. The standard InChI is InChI=1S/C9H21N3/c1-8(2)12-6-4-9(5-7-12)11(3)10/h8-9H,4-7,10H2,1-3H3. The minimum absolute atomic E-state index is 0.597. The molecule has 0 unspecified atom stereocenters. The predicted molar refractivity (Wildman–Crippen MR) is 51.7 cm³/mol. The van der Waals surface area contributed by atoms with E-state index in [4.69, 9.17) is 5.84 Å². The van der Waals surface area contributed by atoms with Crippen molar-refractivity contribution in [1.82, 2.24) is 9.91 Å². The van der Waals surface area contributed by atoms with Gasteiger partial charge in [-0.2, -0.15) is 0 Å². The fourth-order valence-electron chi connectivity index (χ4n) is 1.81. The second kappa shape index (κ2) is 4.21. The molecule has 0 saturated carbocycles. The average molecular weight is 171 g/mol. The highest BCUT2D eigenvalue weighted by atomic mass is 15.4. The number of rotatable bonds is 2. The van der Waals surface area contributed by atoms with Gasteiger partial charge in [0.15, 0.2) is 0 Å². The van der Waals surface area contributed by atoms with E-state index >= 15 is 0 Å². The molecule has 1 fully saturated rings. The van der Waals surface area contributed by atoms with Gasteiger partial charge < -0.3 is 4.90 Å². The van der Waals surface area contributed by atoms with E-state index in [1.165, 1.54) is 25.9 Å². The minimum Gasteiger partial charge on any atom is -0.301 e. The molecule has 0 aromatic carbocycles. The van der Waals surface area contributed by atoms with Gasteiger partial charge in [0.05, 0.1) is 0 Å². The van der Waals surface area contributed by atoms with Crippen LogP contribution >= 0.6 is 0 Å². The SMILES string of the molecule is CC(C)N1CCC(N(C)N)CC1. The molecule has 0 bridgehead atoms. The Morgan fingerprint density at radius 3 is 2.17 bits per heavy atom. The number of hydrazine groups is 1. The van der Waals surface area contributed by atoms with Gasteiger partial charge in [0.25, 0.3) is 0 Å². The van der Waals surface area contributed by atoms with Gasteiger partial charge in [-0.1, -0.05) is 0 Å². The van der Waals surface area contributed by atoms with Gasteiger partial charge in [0, 0.05) is 19.1 Å². The van der Waals surface area contributed by atoms with Crippen LogP contribution in [0.25, 0.3) is 0 Å². The minimum atomic E-state index is 0.597. The van der Waals surface area contributed by atoms with Gasteiger partial charge in [-0.05, 0) is 39.8 Å². The Hall–Kier alpha value is -0.120. The van der Waals surface area contributed by atoms with Crippen molar-refractivity contribution >= 4 is 0 Å². The highest BCUT2D eigenvalue weighted by molar-refractivity contribution is 4.77. The molecule has 0 aliphatic carbocycles. The molecule has 72 valence electrons. The van der Waals surface area contributed by atoms with Crippen LogP contribution in [0.4, 0.5) is 0 Å². The van der Waals surface area contributed by atoms with E-state index in [1.807, 2.05) is 12.1 Å². The molecular formula is C9H21N3. The molecule has 2 N–H and O–H groups in total. The molecule has 0 amide bonds.